The summed E-state index contributed by atoms with van der Waals surface area (Å²) in [6, 6.07) is 0. The average molecular weight is 183 g/mol. The summed E-state index contributed by atoms with van der Waals surface area (Å²) >= 11 is 0. The lowest BCUT2D eigenvalue weighted by atomic mass is 10.3. The fraction of sp³-hybridized carbons (Fsp3) is 0.625. The maximum atomic E-state index is 10.5. The molecule has 0 N–H and O–H groups in total. The van der Waals surface area contributed by atoms with Gasteiger partial charge in [0.2, 0.25) is 0 Å². The third-order valence-corrected chi connectivity index (χ3v) is 1.89. The number of aromatic nitrogens is 2. The van der Waals surface area contributed by atoms with E-state index in [0.29, 0.717) is 6.54 Å². The largest absolute Gasteiger partial charge is 0.434 e. The molecule has 5 nitrogen and oxygen atoms in total. The second-order valence-corrected chi connectivity index (χ2v) is 2.81. The maximum absolute atomic E-state index is 10.5. The van der Waals surface area contributed by atoms with Gasteiger partial charge < -0.3 is 10.1 Å². The Bertz CT molecular complexity index is 306. The Morgan fingerprint density at radius 2 is 2.31 bits per heavy atom. The van der Waals surface area contributed by atoms with Gasteiger partial charge in [0.25, 0.3) is 0 Å². The molecule has 0 atom stereocenters. The quantitative estimate of drug-likeness (QED) is 0.527. The molecule has 1 aromatic heterocycles. The molecule has 5 heteroatoms. The number of imidazole rings is 1. The molecule has 0 saturated carbocycles. The van der Waals surface area contributed by atoms with Crippen molar-refractivity contribution < 1.29 is 4.92 Å². The van der Waals surface area contributed by atoms with Crippen LogP contribution in [-0.4, -0.2) is 14.5 Å². The number of aryl methyl sites for hydroxylation is 1. The molecular formula is C8H13N3O2. The summed E-state index contributed by atoms with van der Waals surface area (Å²) in [5.41, 5.74) is 0.925. The van der Waals surface area contributed by atoms with Crippen LogP contribution in [0, 0.1) is 10.1 Å². The third-order valence-electron chi connectivity index (χ3n) is 1.89. The minimum absolute atomic E-state index is 0.0429. The van der Waals surface area contributed by atoms with Gasteiger partial charge in [-0.1, -0.05) is 18.8 Å². The van der Waals surface area contributed by atoms with Crippen molar-refractivity contribution in [3.8, 4) is 0 Å². The molecule has 0 bridgehead atoms. The SMILES string of the molecule is CCCn1c(CC)cnc1[N+](=O)[O-]. The molecule has 0 radical (unpaired) electrons. The zero-order valence-electron chi connectivity index (χ0n) is 7.86. The van der Waals surface area contributed by atoms with Gasteiger partial charge in [-0.3, -0.25) is 0 Å². The van der Waals surface area contributed by atoms with Crippen LogP contribution in [0.3, 0.4) is 0 Å². The lowest BCUT2D eigenvalue weighted by Gasteiger charge is -2.01. The summed E-state index contributed by atoms with van der Waals surface area (Å²) in [4.78, 5) is 13.9. The summed E-state index contributed by atoms with van der Waals surface area (Å²) in [6.45, 7) is 4.62. The van der Waals surface area contributed by atoms with Crippen LogP contribution in [-0.2, 0) is 13.0 Å². The van der Waals surface area contributed by atoms with Gasteiger partial charge >= 0.3 is 5.95 Å². The van der Waals surface area contributed by atoms with Gasteiger partial charge in [-0.2, -0.15) is 0 Å². The van der Waals surface area contributed by atoms with Crippen molar-refractivity contribution >= 4 is 5.95 Å². The minimum Gasteiger partial charge on any atom is -0.390 e. The van der Waals surface area contributed by atoms with Crippen molar-refractivity contribution in [1.29, 1.82) is 0 Å². The molecule has 0 amide bonds. The molecular weight excluding hydrogens is 170 g/mol. The molecule has 0 spiro atoms. The molecule has 72 valence electrons. The Hall–Kier alpha value is -1.39. The lowest BCUT2D eigenvalue weighted by Crippen LogP contribution is -2.06. The molecule has 0 fully saturated rings. The first-order valence-electron chi connectivity index (χ1n) is 4.39. The number of nitrogens with zero attached hydrogens (tertiary/aromatic N) is 3. The maximum Gasteiger partial charge on any atom is 0.434 e. The van der Waals surface area contributed by atoms with Crippen LogP contribution in [0.4, 0.5) is 5.95 Å². The lowest BCUT2D eigenvalue weighted by molar-refractivity contribution is -0.396. The van der Waals surface area contributed by atoms with Crippen molar-refractivity contribution in [3.63, 3.8) is 0 Å². The Morgan fingerprint density at radius 1 is 1.62 bits per heavy atom. The van der Waals surface area contributed by atoms with E-state index in [0.717, 1.165) is 18.5 Å². The summed E-state index contributed by atoms with van der Waals surface area (Å²) in [5.74, 6) is -0.0429. The van der Waals surface area contributed by atoms with Crippen LogP contribution in [0.2, 0.25) is 0 Å². The van der Waals surface area contributed by atoms with Crippen LogP contribution < -0.4 is 0 Å². The van der Waals surface area contributed by atoms with Gasteiger partial charge in [-0.05, 0) is 11.3 Å². The molecule has 1 aromatic rings. The fourth-order valence-electron chi connectivity index (χ4n) is 1.30. The van der Waals surface area contributed by atoms with E-state index < -0.39 is 4.92 Å². The Morgan fingerprint density at radius 3 is 2.77 bits per heavy atom. The van der Waals surface area contributed by atoms with Gasteiger partial charge in [-0.15, -0.1) is 0 Å². The van der Waals surface area contributed by atoms with Crippen molar-refractivity contribution in [2.45, 2.75) is 33.2 Å². The number of rotatable bonds is 4. The summed E-state index contributed by atoms with van der Waals surface area (Å²) < 4.78 is 1.67. The van der Waals surface area contributed by atoms with Gasteiger partial charge in [0.1, 0.15) is 11.9 Å². The van der Waals surface area contributed by atoms with Crippen molar-refractivity contribution in [2.24, 2.45) is 0 Å². The average Bonchev–Trinajstić information content (AvgIpc) is 2.48. The topological polar surface area (TPSA) is 61.0 Å². The highest BCUT2D eigenvalue weighted by Crippen LogP contribution is 2.13. The van der Waals surface area contributed by atoms with E-state index in [-0.39, 0.29) is 5.95 Å². The van der Waals surface area contributed by atoms with Crippen LogP contribution in [0.5, 0.6) is 0 Å². The smallest absolute Gasteiger partial charge is 0.390 e. The van der Waals surface area contributed by atoms with Crippen LogP contribution in [0.15, 0.2) is 6.20 Å². The van der Waals surface area contributed by atoms with E-state index >= 15 is 0 Å². The monoisotopic (exact) mass is 183 g/mol. The first kappa shape index (κ1) is 9.70. The van der Waals surface area contributed by atoms with E-state index in [1.807, 2.05) is 13.8 Å². The van der Waals surface area contributed by atoms with E-state index in [1.54, 1.807) is 10.8 Å². The zero-order valence-corrected chi connectivity index (χ0v) is 7.86. The third kappa shape index (κ3) is 1.85. The highest BCUT2D eigenvalue weighted by Gasteiger charge is 2.18. The molecule has 0 aromatic carbocycles. The Balaban J connectivity index is 3.06. The van der Waals surface area contributed by atoms with E-state index in [1.165, 1.54) is 0 Å². The standard InChI is InChI=1S/C8H13N3O2/c1-3-5-10-7(4-2)6-9-8(10)11(12)13/h6H,3-5H2,1-2H3. The van der Waals surface area contributed by atoms with Crippen LogP contribution in [0.1, 0.15) is 26.0 Å². The first-order chi connectivity index (χ1) is 6.20. The second-order valence-electron chi connectivity index (χ2n) is 2.81. The molecule has 0 aliphatic carbocycles. The van der Waals surface area contributed by atoms with Gasteiger partial charge in [0.15, 0.2) is 0 Å². The minimum atomic E-state index is -0.436. The van der Waals surface area contributed by atoms with Gasteiger partial charge in [0, 0.05) is 6.42 Å². The first-order valence-corrected chi connectivity index (χ1v) is 4.39. The predicted octanol–water partition coefficient (Wildman–Crippen LogP) is 1.76. The molecule has 1 heterocycles. The molecule has 1 rings (SSSR count). The number of hydrogen-bond acceptors (Lipinski definition) is 3. The second kappa shape index (κ2) is 4.02. The van der Waals surface area contributed by atoms with E-state index in [2.05, 4.69) is 4.98 Å². The Kier molecular flexibility index (Phi) is 3.00. The van der Waals surface area contributed by atoms with Crippen molar-refractivity contribution in [2.75, 3.05) is 0 Å². The predicted molar refractivity (Wildman–Crippen MR) is 48.6 cm³/mol. The number of nitro groups is 1. The molecule has 0 aliphatic heterocycles. The van der Waals surface area contributed by atoms with Crippen LogP contribution >= 0.6 is 0 Å². The number of hydrogen-bond donors (Lipinski definition) is 0. The fourth-order valence-corrected chi connectivity index (χ4v) is 1.30. The van der Waals surface area contributed by atoms with E-state index in [9.17, 15) is 10.1 Å². The van der Waals surface area contributed by atoms with Gasteiger partial charge in [0.05, 0.1) is 6.54 Å². The summed E-state index contributed by atoms with van der Waals surface area (Å²) in [5, 5.41) is 10.5. The highest BCUT2D eigenvalue weighted by atomic mass is 16.6. The van der Waals surface area contributed by atoms with E-state index in [4.69, 9.17) is 0 Å². The highest BCUT2D eigenvalue weighted by molar-refractivity contribution is 5.15. The molecule has 0 unspecified atom stereocenters. The summed E-state index contributed by atoms with van der Waals surface area (Å²) in [7, 11) is 0. The molecule has 0 saturated heterocycles. The Labute approximate surface area is 76.5 Å². The summed E-state index contributed by atoms with van der Waals surface area (Å²) in [6.07, 6.45) is 3.23. The zero-order chi connectivity index (χ0) is 9.84. The normalized spacial score (nSPS) is 10.3. The van der Waals surface area contributed by atoms with Gasteiger partial charge in [-0.25, -0.2) is 4.57 Å². The van der Waals surface area contributed by atoms with Crippen molar-refractivity contribution in [3.05, 3.63) is 22.0 Å². The molecule has 0 aliphatic rings. The van der Waals surface area contributed by atoms with Crippen molar-refractivity contribution in [1.82, 2.24) is 9.55 Å². The van der Waals surface area contributed by atoms with Crippen LogP contribution in [0.25, 0.3) is 0 Å². The molecule has 13 heavy (non-hydrogen) atoms.